The fourth-order valence-corrected chi connectivity index (χ4v) is 3.50. The molecule has 7 nitrogen and oxygen atoms in total. The molecule has 1 aromatic carbocycles. The first-order valence-electron chi connectivity index (χ1n) is 10.0. The fourth-order valence-electron chi connectivity index (χ4n) is 3.50. The molecule has 3 heterocycles. The number of hydrogen-bond acceptors (Lipinski definition) is 5. The van der Waals surface area contributed by atoms with Crippen molar-refractivity contribution in [1.29, 1.82) is 5.26 Å². The standard InChI is InChI=1S/C23H17F4N5O2/c1-3-20(23(25,26)27)34-19-6-4-14(9-28)8-16(19)22(33)31-10-15-11-32(30-18(15)12-31)21-7-5-17(24)13(2)29-21/h3-8,11,20H,1,10,12H2,2H3. The summed E-state index contributed by atoms with van der Waals surface area (Å²) in [5, 5.41) is 13.6. The maximum absolute atomic E-state index is 13.5. The van der Waals surface area contributed by atoms with Crippen molar-refractivity contribution in [2.24, 2.45) is 0 Å². The van der Waals surface area contributed by atoms with E-state index in [0.29, 0.717) is 23.2 Å². The van der Waals surface area contributed by atoms with E-state index in [1.807, 2.05) is 6.07 Å². The molecule has 11 heteroatoms. The summed E-state index contributed by atoms with van der Waals surface area (Å²) in [4.78, 5) is 18.7. The fraction of sp³-hybridized carbons (Fsp3) is 0.217. The van der Waals surface area contributed by atoms with E-state index in [-0.39, 0.29) is 35.7 Å². The zero-order valence-electron chi connectivity index (χ0n) is 17.8. The molecule has 1 aliphatic rings. The Hall–Kier alpha value is -4.20. The van der Waals surface area contributed by atoms with E-state index in [0.717, 1.165) is 6.07 Å². The van der Waals surface area contributed by atoms with Crippen LogP contribution >= 0.6 is 0 Å². The van der Waals surface area contributed by atoms with Gasteiger partial charge in [-0.05, 0) is 43.3 Å². The molecule has 1 unspecified atom stereocenters. The van der Waals surface area contributed by atoms with E-state index in [4.69, 9.17) is 4.74 Å². The Balaban J connectivity index is 1.59. The number of carbonyl (C=O) groups is 1. The summed E-state index contributed by atoms with van der Waals surface area (Å²) >= 11 is 0. The Bertz CT molecular complexity index is 1300. The largest absolute Gasteiger partial charge is 0.476 e. The molecule has 1 aliphatic heterocycles. The topological polar surface area (TPSA) is 84.0 Å². The van der Waals surface area contributed by atoms with Crippen LogP contribution in [0.4, 0.5) is 17.6 Å². The second-order valence-electron chi connectivity index (χ2n) is 7.58. The van der Waals surface area contributed by atoms with Crippen LogP contribution in [0, 0.1) is 24.1 Å². The lowest BCUT2D eigenvalue weighted by atomic mass is 10.1. The number of benzene rings is 1. The van der Waals surface area contributed by atoms with E-state index in [2.05, 4.69) is 16.7 Å². The first kappa shape index (κ1) is 23.0. The number of pyridine rings is 1. The number of aryl methyl sites for hydroxylation is 1. The molecular formula is C23H17F4N5O2. The minimum atomic E-state index is -4.73. The lowest BCUT2D eigenvalue weighted by Gasteiger charge is -2.22. The number of nitriles is 1. The third-order valence-corrected chi connectivity index (χ3v) is 5.24. The molecule has 34 heavy (non-hydrogen) atoms. The predicted octanol–water partition coefficient (Wildman–Crippen LogP) is 4.24. The smallest absolute Gasteiger partial charge is 0.429 e. The second kappa shape index (κ2) is 8.62. The van der Waals surface area contributed by atoms with Crippen LogP contribution < -0.4 is 4.74 Å². The van der Waals surface area contributed by atoms with Gasteiger partial charge in [-0.3, -0.25) is 4.79 Å². The molecule has 4 rings (SSSR count). The molecule has 3 aromatic rings. The van der Waals surface area contributed by atoms with E-state index in [1.54, 1.807) is 6.20 Å². The van der Waals surface area contributed by atoms with Gasteiger partial charge in [-0.25, -0.2) is 14.1 Å². The van der Waals surface area contributed by atoms with Crippen molar-refractivity contribution >= 4 is 5.91 Å². The van der Waals surface area contributed by atoms with Crippen LogP contribution in [0.5, 0.6) is 5.75 Å². The third kappa shape index (κ3) is 4.34. The molecule has 1 amide bonds. The summed E-state index contributed by atoms with van der Waals surface area (Å²) in [7, 11) is 0. The summed E-state index contributed by atoms with van der Waals surface area (Å²) in [6.45, 7) is 4.89. The highest BCUT2D eigenvalue weighted by Gasteiger charge is 2.40. The van der Waals surface area contributed by atoms with Crippen molar-refractivity contribution in [1.82, 2.24) is 19.7 Å². The predicted molar refractivity (Wildman–Crippen MR) is 111 cm³/mol. The molecule has 0 radical (unpaired) electrons. The molecule has 0 aliphatic carbocycles. The van der Waals surface area contributed by atoms with Gasteiger partial charge in [0, 0.05) is 18.3 Å². The van der Waals surface area contributed by atoms with Gasteiger partial charge < -0.3 is 9.64 Å². The highest BCUT2D eigenvalue weighted by atomic mass is 19.4. The Labute approximate surface area is 191 Å². The van der Waals surface area contributed by atoms with Crippen LogP contribution in [-0.2, 0) is 13.1 Å². The normalized spacial score (nSPS) is 13.8. The second-order valence-corrected chi connectivity index (χ2v) is 7.58. The third-order valence-electron chi connectivity index (χ3n) is 5.24. The van der Waals surface area contributed by atoms with Gasteiger partial charge in [-0.2, -0.15) is 23.5 Å². The monoisotopic (exact) mass is 471 g/mol. The van der Waals surface area contributed by atoms with Crippen LogP contribution in [0.2, 0.25) is 0 Å². The molecule has 0 saturated carbocycles. The average molecular weight is 471 g/mol. The Morgan fingerprint density at radius 1 is 1.29 bits per heavy atom. The van der Waals surface area contributed by atoms with Crippen LogP contribution in [0.25, 0.3) is 5.82 Å². The van der Waals surface area contributed by atoms with Gasteiger partial charge in [0.2, 0.25) is 6.10 Å². The quantitative estimate of drug-likeness (QED) is 0.411. The zero-order valence-corrected chi connectivity index (χ0v) is 17.8. The van der Waals surface area contributed by atoms with Crippen molar-refractivity contribution in [3.63, 3.8) is 0 Å². The minimum absolute atomic E-state index is 0.0850. The van der Waals surface area contributed by atoms with Gasteiger partial charge in [0.1, 0.15) is 11.6 Å². The van der Waals surface area contributed by atoms with Crippen molar-refractivity contribution < 1.29 is 27.1 Å². The van der Waals surface area contributed by atoms with Crippen LogP contribution in [0.1, 0.15) is 32.9 Å². The first-order valence-corrected chi connectivity index (χ1v) is 10.0. The van der Waals surface area contributed by atoms with Crippen LogP contribution in [0.3, 0.4) is 0 Å². The molecule has 0 bridgehead atoms. The lowest BCUT2D eigenvalue weighted by Crippen LogP contribution is -2.33. The van der Waals surface area contributed by atoms with Crippen molar-refractivity contribution in [3.05, 3.63) is 83.1 Å². The molecule has 0 N–H and O–H groups in total. The van der Waals surface area contributed by atoms with Crippen molar-refractivity contribution in [2.75, 3.05) is 0 Å². The van der Waals surface area contributed by atoms with Gasteiger partial charge in [0.05, 0.1) is 35.1 Å². The molecule has 0 spiro atoms. The van der Waals surface area contributed by atoms with Crippen molar-refractivity contribution in [3.8, 4) is 17.6 Å². The number of carbonyl (C=O) groups excluding carboxylic acids is 1. The number of aromatic nitrogens is 3. The number of hydrogen-bond donors (Lipinski definition) is 0. The van der Waals surface area contributed by atoms with Gasteiger partial charge in [0.25, 0.3) is 5.91 Å². The molecule has 1 atom stereocenters. The van der Waals surface area contributed by atoms with E-state index < -0.39 is 24.0 Å². The maximum atomic E-state index is 13.5. The number of fused-ring (bicyclic) bond motifs is 1. The summed E-state index contributed by atoms with van der Waals surface area (Å²) < 4.78 is 59.5. The lowest BCUT2D eigenvalue weighted by molar-refractivity contribution is -0.180. The van der Waals surface area contributed by atoms with Gasteiger partial charge in [-0.1, -0.05) is 6.58 Å². The highest BCUT2D eigenvalue weighted by molar-refractivity contribution is 5.97. The molecule has 174 valence electrons. The Kier molecular flexibility index (Phi) is 5.83. The number of nitrogens with zero attached hydrogens (tertiary/aromatic N) is 5. The summed E-state index contributed by atoms with van der Waals surface area (Å²) in [5.41, 5.74) is 1.40. The zero-order chi connectivity index (χ0) is 24.6. The van der Waals surface area contributed by atoms with Crippen LogP contribution in [-0.4, -0.2) is 37.9 Å². The SMILES string of the molecule is C=CC(Oc1ccc(C#N)cc1C(=O)N1Cc2cn(-c3ccc(F)c(C)n3)nc2C1)C(F)(F)F. The average Bonchev–Trinajstić information content (AvgIpc) is 3.37. The number of rotatable bonds is 5. The number of amides is 1. The van der Waals surface area contributed by atoms with E-state index >= 15 is 0 Å². The summed E-state index contributed by atoms with van der Waals surface area (Å²) in [6.07, 6.45) is -4.80. The summed E-state index contributed by atoms with van der Waals surface area (Å²) in [5.74, 6) is -0.961. The maximum Gasteiger partial charge on any atom is 0.429 e. The molecular weight excluding hydrogens is 454 g/mol. The minimum Gasteiger partial charge on any atom is -0.476 e. The van der Waals surface area contributed by atoms with Crippen molar-refractivity contribution in [2.45, 2.75) is 32.3 Å². The number of alkyl halides is 3. The molecule has 0 fully saturated rings. The highest BCUT2D eigenvalue weighted by Crippen LogP contribution is 2.31. The first-order chi connectivity index (χ1) is 16.1. The molecule has 0 saturated heterocycles. The van der Waals surface area contributed by atoms with Gasteiger partial charge in [0.15, 0.2) is 5.82 Å². The summed E-state index contributed by atoms with van der Waals surface area (Å²) in [6, 6.07) is 8.23. The van der Waals surface area contributed by atoms with E-state index in [9.17, 15) is 27.6 Å². The Morgan fingerprint density at radius 3 is 2.68 bits per heavy atom. The number of ether oxygens (including phenoxy) is 1. The molecule has 2 aromatic heterocycles. The van der Waals surface area contributed by atoms with Gasteiger partial charge >= 0.3 is 6.18 Å². The Morgan fingerprint density at radius 2 is 2.06 bits per heavy atom. The van der Waals surface area contributed by atoms with Crippen LogP contribution in [0.15, 0.2) is 49.2 Å². The van der Waals surface area contributed by atoms with Gasteiger partial charge in [-0.15, -0.1) is 0 Å². The van der Waals surface area contributed by atoms with E-state index in [1.165, 1.54) is 40.8 Å². The number of halogens is 4.